The molecule has 1 N–H and O–H groups in total. The van der Waals surface area contributed by atoms with Gasteiger partial charge in [0.25, 0.3) is 0 Å². The Hall–Kier alpha value is -0.960. The Balaban J connectivity index is 2.12. The van der Waals surface area contributed by atoms with Crippen LogP contribution in [0.15, 0.2) is 18.2 Å². The fourth-order valence-electron chi connectivity index (χ4n) is 2.66. The second-order valence-corrected chi connectivity index (χ2v) is 5.09. The third kappa shape index (κ3) is 3.50. The molecule has 1 aromatic carbocycles. The average Bonchev–Trinajstić information content (AvgIpc) is 2.41. The molecule has 0 spiro atoms. The summed E-state index contributed by atoms with van der Waals surface area (Å²) in [5.74, 6) is -1.14. The number of halogens is 2. The molecule has 17 heavy (non-hydrogen) atoms. The van der Waals surface area contributed by atoms with Crippen LogP contribution in [0.4, 0.5) is 8.78 Å². The van der Waals surface area contributed by atoms with Gasteiger partial charge in [-0.05, 0) is 30.5 Å². The highest BCUT2D eigenvalue weighted by atomic mass is 19.1. The van der Waals surface area contributed by atoms with Crippen LogP contribution in [0.1, 0.15) is 44.1 Å². The van der Waals surface area contributed by atoms with Crippen molar-refractivity contribution < 1.29 is 13.9 Å². The van der Waals surface area contributed by atoms with Gasteiger partial charge in [-0.2, -0.15) is 0 Å². The van der Waals surface area contributed by atoms with Crippen LogP contribution in [0, 0.1) is 11.6 Å². The van der Waals surface area contributed by atoms with Gasteiger partial charge in [0.15, 0.2) is 0 Å². The summed E-state index contributed by atoms with van der Waals surface area (Å²) in [7, 11) is 0. The third-order valence-electron chi connectivity index (χ3n) is 3.49. The Kier molecular flexibility index (Phi) is 3.77. The molecular formula is C14H18F2O. The molecule has 0 aliphatic heterocycles. The van der Waals surface area contributed by atoms with E-state index in [0.717, 1.165) is 44.6 Å². The van der Waals surface area contributed by atoms with Crippen LogP contribution in [0.2, 0.25) is 0 Å². The van der Waals surface area contributed by atoms with Crippen molar-refractivity contribution in [3.05, 3.63) is 35.4 Å². The van der Waals surface area contributed by atoms with E-state index >= 15 is 0 Å². The van der Waals surface area contributed by atoms with Gasteiger partial charge in [-0.1, -0.05) is 25.7 Å². The molecule has 0 radical (unpaired) electrons. The van der Waals surface area contributed by atoms with Crippen molar-refractivity contribution in [1.29, 1.82) is 0 Å². The monoisotopic (exact) mass is 240 g/mol. The third-order valence-corrected chi connectivity index (χ3v) is 3.49. The molecule has 1 nitrogen and oxygen atoms in total. The first-order valence-corrected chi connectivity index (χ1v) is 6.25. The highest BCUT2D eigenvalue weighted by Crippen LogP contribution is 2.30. The van der Waals surface area contributed by atoms with Crippen LogP contribution in [0.5, 0.6) is 0 Å². The maximum absolute atomic E-state index is 13.1. The Morgan fingerprint density at radius 3 is 2.00 bits per heavy atom. The van der Waals surface area contributed by atoms with E-state index in [-0.39, 0.29) is 0 Å². The van der Waals surface area contributed by atoms with E-state index < -0.39 is 17.2 Å². The van der Waals surface area contributed by atoms with Crippen molar-refractivity contribution in [2.45, 2.75) is 50.5 Å². The predicted molar refractivity (Wildman–Crippen MR) is 62.7 cm³/mol. The van der Waals surface area contributed by atoms with E-state index in [4.69, 9.17) is 0 Å². The maximum Gasteiger partial charge on any atom is 0.126 e. The van der Waals surface area contributed by atoms with Crippen LogP contribution in [-0.4, -0.2) is 10.7 Å². The van der Waals surface area contributed by atoms with Gasteiger partial charge >= 0.3 is 0 Å². The van der Waals surface area contributed by atoms with Crippen LogP contribution in [-0.2, 0) is 6.42 Å². The summed E-state index contributed by atoms with van der Waals surface area (Å²) >= 11 is 0. The summed E-state index contributed by atoms with van der Waals surface area (Å²) in [5, 5.41) is 10.4. The van der Waals surface area contributed by atoms with Crippen LogP contribution < -0.4 is 0 Å². The first-order chi connectivity index (χ1) is 8.07. The molecule has 0 saturated heterocycles. The van der Waals surface area contributed by atoms with E-state index in [1.54, 1.807) is 0 Å². The van der Waals surface area contributed by atoms with Gasteiger partial charge in [0.2, 0.25) is 0 Å². The van der Waals surface area contributed by atoms with E-state index in [9.17, 15) is 13.9 Å². The van der Waals surface area contributed by atoms with Gasteiger partial charge in [0.1, 0.15) is 11.6 Å². The zero-order chi connectivity index (χ0) is 12.3. The fourth-order valence-corrected chi connectivity index (χ4v) is 2.66. The van der Waals surface area contributed by atoms with Crippen molar-refractivity contribution in [2.24, 2.45) is 0 Å². The molecule has 3 heteroatoms. The fraction of sp³-hybridized carbons (Fsp3) is 0.571. The summed E-state index contributed by atoms with van der Waals surface area (Å²) in [6, 6.07) is 3.48. The first kappa shape index (κ1) is 12.5. The predicted octanol–water partition coefficient (Wildman–Crippen LogP) is 3.59. The molecule has 0 unspecified atom stereocenters. The van der Waals surface area contributed by atoms with Crippen molar-refractivity contribution in [1.82, 2.24) is 0 Å². The maximum atomic E-state index is 13.1. The normalized spacial score (nSPS) is 19.9. The van der Waals surface area contributed by atoms with Crippen molar-refractivity contribution in [3.8, 4) is 0 Å². The van der Waals surface area contributed by atoms with Crippen LogP contribution in [0.25, 0.3) is 0 Å². The summed E-state index contributed by atoms with van der Waals surface area (Å²) in [6.45, 7) is 0. The second kappa shape index (κ2) is 5.13. The molecule has 0 atom stereocenters. The lowest BCUT2D eigenvalue weighted by Gasteiger charge is -2.26. The van der Waals surface area contributed by atoms with Gasteiger partial charge < -0.3 is 5.11 Å². The van der Waals surface area contributed by atoms with Crippen molar-refractivity contribution in [2.75, 3.05) is 0 Å². The molecule has 94 valence electrons. The van der Waals surface area contributed by atoms with Crippen LogP contribution >= 0.6 is 0 Å². The molecule has 1 saturated carbocycles. The molecule has 2 rings (SSSR count). The zero-order valence-electron chi connectivity index (χ0n) is 9.88. The molecule has 0 bridgehead atoms. The van der Waals surface area contributed by atoms with E-state index in [1.807, 2.05) is 0 Å². The summed E-state index contributed by atoms with van der Waals surface area (Å²) in [6.07, 6.45) is 6.07. The molecular weight excluding hydrogens is 222 g/mol. The lowest BCUT2D eigenvalue weighted by atomic mass is 9.87. The smallest absolute Gasteiger partial charge is 0.126 e. The highest BCUT2D eigenvalue weighted by Gasteiger charge is 2.28. The molecule has 1 aliphatic rings. The topological polar surface area (TPSA) is 20.2 Å². The Bertz CT molecular complexity index is 362. The van der Waals surface area contributed by atoms with E-state index in [2.05, 4.69) is 0 Å². The minimum atomic E-state index is -0.781. The lowest BCUT2D eigenvalue weighted by Crippen LogP contribution is -2.30. The first-order valence-electron chi connectivity index (χ1n) is 6.25. The van der Waals surface area contributed by atoms with E-state index in [0.29, 0.717) is 12.0 Å². The summed E-state index contributed by atoms with van der Waals surface area (Å²) in [5.41, 5.74) is -0.233. The Morgan fingerprint density at radius 2 is 1.47 bits per heavy atom. The summed E-state index contributed by atoms with van der Waals surface area (Å²) in [4.78, 5) is 0. The molecule has 1 aromatic rings. The Labute approximate surface area is 100 Å². The van der Waals surface area contributed by atoms with Crippen LogP contribution in [0.3, 0.4) is 0 Å². The average molecular weight is 240 g/mol. The van der Waals surface area contributed by atoms with Gasteiger partial charge in [-0.3, -0.25) is 0 Å². The largest absolute Gasteiger partial charge is 0.390 e. The highest BCUT2D eigenvalue weighted by molar-refractivity contribution is 5.20. The number of hydrogen-bond acceptors (Lipinski definition) is 1. The second-order valence-electron chi connectivity index (χ2n) is 5.09. The SMILES string of the molecule is OC1(Cc2cc(F)cc(F)c2)CCCCCC1. The molecule has 1 fully saturated rings. The standard InChI is InChI=1S/C14H18F2O/c15-12-7-11(8-13(16)9-12)10-14(17)5-3-1-2-4-6-14/h7-9,17H,1-6,10H2. The number of benzene rings is 1. The molecule has 0 amide bonds. The van der Waals surface area contributed by atoms with E-state index in [1.165, 1.54) is 12.1 Å². The van der Waals surface area contributed by atoms with Crippen molar-refractivity contribution in [3.63, 3.8) is 0 Å². The number of hydrogen-bond donors (Lipinski definition) is 1. The van der Waals surface area contributed by atoms with Gasteiger partial charge in [0.05, 0.1) is 5.60 Å². The van der Waals surface area contributed by atoms with Gasteiger partial charge in [-0.25, -0.2) is 8.78 Å². The minimum Gasteiger partial charge on any atom is -0.390 e. The zero-order valence-corrected chi connectivity index (χ0v) is 9.88. The summed E-state index contributed by atoms with van der Waals surface area (Å²) < 4.78 is 26.1. The Morgan fingerprint density at radius 1 is 0.941 bits per heavy atom. The quantitative estimate of drug-likeness (QED) is 0.783. The molecule has 0 aromatic heterocycles. The van der Waals surface area contributed by atoms with Gasteiger partial charge in [-0.15, -0.1) is 0 Å². The lowest BCUT2D eigenvalue weighted by molar-refractivity contribution is 0.0251. The van der Waals surface area contributed by atoms with Gasteiger partial charge in [0, 0.05) is 12.5 Å². The minimum absolute atomic E-state index is 0.349. The molecule has 1 aliphatic carbocycles. The number of rotatable bonds is 2. The van der Waals surface area contributed by atoms with Crippen molar-refractivity contribution >= 4 is 0 Å². The molecule has 0 heterocycles. The number of aliphatic hydroxyl groups is 1.